The minimum absolute atomic E-state index is 0.209. The number of ether oxygens (including phenoxy) is 1. The number of aliphatic imine (C=N–C) groups is 1. The zero-order valence-electron chi connectivity index (χ0n) is 15.4. The van der Waals surface area contributed by atoms with Crippen molar-refractivity contribution in [2.45, 2.75) is 51.1 Å². The van der Waals surface area contributed by atoms with Crippen molar-refractivity contribution in [3.05, 3.63) is 11.7 Å². The molecule has 2 fully saturated rings. The number of hydrogen-bond donors (Lipinski definition) is 2. The van der Waals surface area contributed by atoms with E-state index in [9.17, 15) is 0 Å². The highest BCUT2D eigenvalue weighted by molar-refractivity contribution is 5.79. The molecule has 0 aromatic carbocycles. The molecule has 3 rings (SSSR count). The first-order valence-electron chi connectivity index (χ1n) is 9.28. The highest BCUT2D eigenvalue weighted by atomic mass is 16.5. The minimum atomic E-state index is 0.209. The average molecular weight is 350 g/mol. The number of nitrogens with zero attached hydrogens (tertiary/aromatic N) is 4. The molecule has 8 nitrogen and oxygen atoms in total. The van der Waals surface area contributed by atoms with Gasteiger partial charge in [-0.15, -0.1) is 0 Å². The van der Waals surface area contributed by atoms with E-state index in [0.29, 0.717) is 18.3 Å². The first-order chi connectivity index (χ1) is 12.2. The Morgan fingerprint density at radius 3 is 2.60 bits per heavy atom. The maximum Gasteiger partial charge on any atom is 0.246 e. The Kier molecular flexibility index (Phi) is 6.25. The summed E-state index contributed by atoms with van der Waals surface area (Å²) in [6.07, 6.45) is 6.41. The summed E-state index contributed by atoms with van der Waals surface area (Å²) in [5, 5.41) is 10.6. The van der Waals surface area contributed by atoms with Crippen LogP contribution in [0.15, 0.2) is 9.52 Å². The standard InChI is InChI=1S/C17H30N6O2/c1-14-21-15(25-22-14)12-19-16(18-2)20-13-17(6-4-3-5-7-17)23-8-10-24-11-9-23/h3-13H2,1-2H3,(H2,18,19,20). The van der Waals surface area contributed by atoms with Gasteiger partial charge in [0.15, 0.2) is 11.8 Å². The lowest BCUT2D eigenvalue weighted by Crippen LogP contribution is -2.60. The van der Waals surface area contributed by atoms with Gasteiger partial charge in [0.2, 0.25) is 5.89 Å². The lowest BCUT2D eigenvalue weighted by molar-refractivity contribution is -0.0352. The van der Waals surface area contributed by atoms with Gasteiger partial charge in [-0.25, -0.2) is 0 Å². The number of morpholine rings is 1. The molecule has 0 radical (unpaired) electrons. The van der Waals surface area contributed by atoms with Crippen molar-refractivity contribution in [3.8, 4) is 0 Å². The molecule has 2 N–H and O–H groups in total. The molecule has 25 heavy (non-hydrogen) atoms. The van der Waals surface area contributed by atoms with Crippen LogP contribution in [0.1, 0.15) is 43.8 Å². The van der Waals surface area contributed by atoms with Crippen LogP contribution in [0.2, 0.25) is 0 Å². The van der Waals surface area contributed by atoms with Crippen LogP contribution in [0, 0.1) is 6.92 Å². The molecule has 8 heteroatoms. The number of rotatable bonds is 5. The monoisotopic (exact) mass is 350 g/mol. The van der Waals surface area contributed by atoms with Crippen LogP contribution in [-0.4, -0.2) is 66.4 Å². The van der Waals surface area contributed by atoms with Crippen LogP contribution < -0.4 is 10.6 Å². The van der Waals surface area contributed by atoms with Gasteiger partial charge >= 0.3 is 0 Å². The summed E-state index contributed by atoms with van der Waals surface area (Å²) in [5.41, 5.74) is 0.209. The number of aryl methyl sites for hydroxylation is 1. The molecule has 0 bridgehead atoms. The van der Waals surface area contributed by atoms with E-state index >= 15 is 0 Å². The third kappa shape index (κ3) is 4.70. The van der Waals surface area contributed by atoms with E-state index < -0.39 is 0 Å². The Morgan fingerprint density at radius 2 is 1.96 bits per heavy atom. The zero-order valence-corrected chi connectivity index (χ0v) is 15.4. The Morgan fingerprint density at radius 1 is 1.20 bits per heavy atom. The predicted octanol–water partition coefficient (Wildman–Crippen LogP) is 1.08. The molecule has 1 saturated carbocycles. The van der Waals surface area contributed by atoms with E-state index in [-0.39, 0.29) is 5.54 Å². The lowest BCUT2D eigenvalue weighted by atomic mass is 9.80. The molecule has 1 aliphatic carbocycles. The maximum atomic E-state index is 5.55. The van der Waals surface area contributed by atoms with Crippen molar-refractivity contribution in [1.29, 1.82) is 0 Å². The molecule has 1 aliphatic heterocycles. The van der Waals surface area contributed by atoms with Gasteiger partial charge in [0, 0.05) is 32.2 Å². The fourth-order valence-corrected chi connectivity index (χ4v) is 3.89. The van der Waals surface area contributed by atoms with Crippen LogP contribution >= 0.6 is 0 Å². The van der Waals surface area contributed by atoms with Crippen LogP contribution in [0.3, 0.4) is 0 Å². The van der Waals surface area contributed by atoms with E-state index in [1.54, 1.807) is 7.05 Å². The summed E-state index contributed by atoms with van der Waals surface area (Å²) in [4.78, 5) is 11.2. The van der Waals surface area contributed by atoms with E-state index in [4.69, 9.17) is 9.26 Å². The molecule has 0 atom stereocenters. The van der Waals surface area contributed by atoms with Gasteiger partial charge in [0.05, 0.1) is 19.8 Å². The summed E-state index contributed by atoms with van der Waals surface area (Å²) in [7, 11) is 1.79. The van der Waals surface area contributed by atoms with Crippen LogP contribution in [0.25, 0.3) is 0 Å². The van der Waals surface area contributed by atoms with Gasteiger partial charge in [-0.3, -0.25) is 9.89 Å². The van der Waals surface area contributed by atoms with Gasteiger partial charge in [0.25, 0.3) is 0 Å². The summed E-state index contributed by atoms with van der Waals surface area (Å²) in [5.74, 6) is 1.99. The van der Waals surface area contributed by atoms with E-state index in [1.807, 2.05) is 6.92 Å². The Hall–Kier alpha value is -1.67. The molecule has 1 aromatic rings. The first-order valence-corrected chi connectivity index (χ1v) is 9.28. The Bertz CT molecular complexity index is 561. The van der Waals surface area contributed by atoms with E-state index in [2.05, 4.69) is 30.7 Å². The van der Waals surface area contributed by atoms with Crippen molar-refractivity contribution < 1.29 is 9.26 Å². The normalized spacial score (nSPS) is 21.9. The van der Waals surface area contributed by atoms with Gasteiger partial charge in [-0.2, -0.15) is 4.98 Å². The smallest absolute Gasteiger partial charge is 0.246 e. The lowest BCUT2D eigenvalue weighted by Gasteiger charge is -2.48. The van der Waals surface area contributed by atoms with Crippen molar-refractivity contribution in [3.63, 3.8) is 0 Å². The van der Waals surface area contributed by atoms with Crippen molar-refractivity contribution in [2.75, 3.05) is 39.9 Å². The third-order valence-electron chi connectivity index (χ3n) is 5.25. The fraction of sp³-hybridized carbons (Fsp3) is 0.824. The van der Waals surface area contributed by atoms with E-state index in [1.165, 1.54) is 32.1 Å². The summed E-state index contributed by atoms with van der Waals surface area (Å²) in [6, 6.07) is 0. The van der Waals surface area contributed by atoms with Gasteiger partial charge in [-0.05, 0) is 19.8 Å². The highest BCUT2D eigenvalue weighted by Gasteiger charge is 2.38. The maximum absolute atomic E-state index is 5.55. The minimum Gasteiger partial charge on any atom is -0.379 e. The first kappa shape index (κ1) is 18.1. The third-order valence-corrected chi connectivity index (χ3v) is 5.25. The average Bonchev–Trinajstić information content (AvgIpc) is 3.08. The second-order valence-electron chi connectivity index (χ2n) is 6.90. The van der Waals surface area contributed by atoms with Crippen LogP contribution in [0.5, 0.6) is 0 Å². The number of hydrogen-bond acceptors (Lipinski definition) is 6. The van der Waals surface area contributed by atoms with Gasteiger partial charge in [0.1, 0.15) is 0 Å². The predicted molar refractivity (Wildman–Crippen MR) is 95.4 cm³/mol. The highest BCUT2D eigenvalue weighted by Crippen LogP contribution is 2.33. The summed E-state index contributed by atoms with van der Waals surface area (Å²) >= 11 is 0. The molecular weight excluding hydrogens is 320 g/mol. The van der Waals surface area contributed by atoms with Gasteiger partial charge < -0.3 is 19.9 Å². The summed E-state index contributed by atoms with van der Waals surface area (Å²) in [6.45, 7) is 6.91. The summed E-state index contributed by atoms with van der Waals surface area (Å²) < 4.78 is 10.7. The van der Waals surface area contributed by atoms with Crippen molar-refractivity contribution in [1.82, 2.24) is 25.7 Å². The number of aromatic nitrogens is 2. The fourth-order valence-electron chi connectivity index (χ4n) is 3.89. The second kappa shape index (κ2) is 8.62. The van der Waals surface area contributed by atoms with E-state index in [0.717, 1.165) is 38.8 Å². The largest absolute Gasteiger partial charge is 0.379 e. The zero-order chi connectivity index (χ0) is 17.5. The number of guanidine groups is 1. The SMILES string of the molecule is CN=C(NCc1nc(C)no1)NCC1(N2CCOCC2)CCCCC1. The molecule has 140 valence electrons. The van der Waals surface area contributed by atoms with Crippen LogP contribution in [0.4, 0.5) is 0 Å². The molecule has 0 amide bonds. The number of nitrogens with one attached hydrogen (secondary N) is 2. The molecule has 2 heterocycles. The molecular formula is C17H30N6O2. The van der Waals surface area contributed by atoms with Crippen molar-refractivity contribution >= 4 is 5.96 Å². The van der Waals surface area contributed by atoms with Crippen molar-refractivity contribution in [2.24, 2.45) is 4.99 Å². The van der Waals surface area contributed by atoms with Crippen LogP contribution in [-0.2, 0) is 11.3 Å². The molecule has 1 aromatic heterocycles. The molecule has 1 saturated heterocycles. The second-order valence-corrected chi connectivity index (χ2v) is 6.90. The Labute approximate surface area is 149 Å². The molecule has 2 aliphatic rings. The molecule has 0 unspecified atom stereocenters. The quantitative estimate of drug-likeness (QED) is 0.607. The molecule has 0 spiro atoms. The Balaban J connectivity index is 1.57. The topological polar surface area (TPSA) is 87.8 Å². The van der Waals surface area contributed by atoms with Gasteiger partial charge in [-0.1, -0.05) is 24.4 Å².